The van der Waals surface area contributed by atoms with Crippen molar-refractivity contribution in [3.8, 4) is 0 Å². The van der Waals surface area contributed by atoms with Gasteiger partial charge in [-0.2, -0.15) is 0 Å². The Morgan fingerprint density at radius 2 is 1.71 bits per heavy atom. The van der Waals surface area contributed by atoms with E-state index >= 15 is 0 Å². The fraction of sp³-hybridized carbons (Fsp3) is 1.00. The molecule has 0 bridgehead atoms. The van der Waals surface area contributed by atoms with Gasteiger partial charge in [0.2, 0.25) is 0 Å². The molecular weight excluding hydrogens is 224 g/mol. The second-order valence-electron chi connectivity index (χ2n) is 4.61. The zero-order chi connectivity index (χ0) is 12.8. The van der Waals surface area contributed by atoms with Crippen molar-refractivity contribution in [3.63, 3.8) is 0 Å². The molecule has 5 nitrogen and oxygen atoms in total. The summed E-state index contributed by atoms with van der Waals surface area (Å²) < 4.78 is 10.7. The molecule has 0 radical (unpaired) electrons. The first kappa shape index (κ1) is 14.9. The molecule has 2 unspecified atom stereocenters. The van der Waals surface area contributed by atoms with Crippen LogP contribution in [0.4, 0.5) is 0 Å². The van der Waals surface area contributed by atoms with Gasteiger partial charge < -0.3 is 24.8 Å². The minimum atomic E-state index is -1.21. The van der Waals surface area contributed by atoms with E-state index in [2.05, 4.69) is 6.92 Å². The quantitative estimate of drug-likeness (QED) is 0.593. The Hall–Kier alpha value is -0.200. The normalized spacial score (nSPS) is 38.3. The highest BCUT2D eigenvalue weighted by Crippen LogP contribution is 2.21. The highest BCUT2D eigenvalue weighted by Gasteiger charge is 2.42. The Labute approximate surface area is 102 Å². The summed E-state index contributed by atoms with van der Waals surface area (Å²) in [7, 11) is 0. The molecule has 1 aliphatic heterocycles. The molecule has 102 valence electrons. The van der Waals surface area contributed by atoms with Crippen LogP contribution in [0, 0.1) is 0 Å². The molecule has 5 heteroatoms. The van der Waals surface area contributed by atoms with Crippen LogP contribution in [-0.4, -0.2) is 52.6 Å². The Bertz CT molecular complexity index is 211. The Morgan fingerprint density at radius 3 is 2.35 bits per heavy atom. The average molecular weight is 248 g/mol. The van der Waals surface area contributed by atoms with Crippen molar-refractivity contribution in [3.05, 3.63) is 0 Å². The van der Waals surface area contributed by atoms with Gasteiger partial charge in [-0.1, -0.05) is 26.2 Å². The summed E-state index contributed by atoms with van der Waals surface area (Å²) in [5, 5.41) is 28.7. The van der Waals surface area contributed by atoms with Crippen molar-refractivity contribution in [1.82, 2.24) is 0 Å². The number of hydrogen-bond acceptors (Lipinski definition) is 5. The maximum Gasteiger partial charge on any atom is 0.186 e. The van der Waals surface area contributed by atoms with Crippen molar-refractivity contribution in [2.24, 2.45) is 0 Å². The number of hydrogen-bond donors (Lipinski definition) is 3. The van der Waals surface area contributed by atoms with Gasteiger partial charge >= 0.3 is 0 Å². The SMILES string of the molecule is CCCCCCO[C@H]1OC(C)[C@@H](O)[C@H](O)C1O. The van der Waals surface area contributed by atoms with E-state index < -0.39 is 30.7 Å². The smallest absolute Gasteiger partial charge is 0.186 e. The number of aliphatic hydroxyl groups excluding tert-OH is 3. The van der Waals surface area contributed by atoms with E-state index in [-0.39, 0.29) is 0 Å². The molecule has 17 heavy (non-hydrogen) atoms. The van der Waals surface area contributed by atoms with Crippen LogP contribution in [0.1, 0.15) is 39.5 Å². The second kappa shape index (κ2) is 7.28. The van der Waals surface area contributed by atoms with Crippen molar-refractivity contribution in [2.75, 3.05) is 6.61 Å². The second-order valence-corrected chi connectivity index (χ2v) is 4.61. The summed E-state index contributed by atoms with van der Waals surface area (Å²) in [6, 6.07) is 0. The first-order valence-electron chi connectivity index (χ1n) is 6.39. The van der Waals surface area contributed by atoms with Crippen LogP contribution in [0.5, 0.6) is 0 Å². The van der Waals surface area contributed by atoms with Gasteiger partial charge in [0.25, 0.3) is 0 Å². The molecule has 0 aliphatic carbocycles. The predicted octanol–water partition coefficient (Wildman–Crippen LogP) is 0.411. The lowest BCUT2D eigenvalue weighted by Gasteiger charge is -2.38. The summed E-state index contributed by atoms with van der Waals surface area (Å²) in [5.41, 5.74) is 0. The number of rotatable bonds is 6. The third kappa shape index (κ3) is 4.19. The molecule has 0 aromatic carbocycles. The van der Waals surface area contributed by atoms with E-state index in [0.717, 1.165) is 25.7 Å². The molecule has 0 aromatic heterocycles. The van der Waals surface area contributed by atoms with Gasteiger partial charge in [-0.05, 0) is 13.3 Å². The van der Waals surface area contributed by atoms with E-state index in [4.69, 9.17) is 9.47 Å². The van der Waals surface area contributed by atoms with Crippen molar-refractivity contribution < 1.29 is 24.8 Å². The molecule has 1 fully saturated rings. The molecule has 5 atom stereocenters. The molecule has 1 saturated heterocycles. The van der Waals surface area contributed by atoms with Gasteiger partial charge in [0.1, 0.15) is 18.3 Å². The van der Waals surface area contributed by atoms with Crippen LogP contribution in [0.15, 0.2) is 0 Å². The Kier molecular flexibility index (Phi) is 6.37. The molecular formula is C12H24O5. The lowest BCUT2D eigenvalue weighted by molar-refractivity contribution is -0.293. The predicted molar refractivity (Wildman–Crippen MR) is 62.4 cm³/mol. The van der Waals surface area contributed by atoms with E-state index in [0.29, 0.717) is 6.61 Å². The van der Waals surface area contributed by atoms with Crippen molar-refractivity contribution >= 4 is 0 Å². The third-order valence-corrected chi connectivity index (χ3v) is 3.09. The highest BCUT2D eigenvalue weighted by atomic mass is 16.7. The average Bonchev–Trinajstić information content (AvgIpc) is 2.32. The molecule has 0 aromatic rings. The van der Waals surface area contributed by atoms with Crippen LogP contribution in [0.3, 0.4) is 0 Å². The van der Waals surface area contributed by atoms with Gasteiger partial charge in [-0.15, -0.1) is 0 Å². The monoisotopic (exact) mass is 248 g/mol. The van der Waals surface area contributed by atoms with Crippen LogP contribution in [0.25, 0.3) is 0 Å². The maximum atomic E-state index is 9.67. The third-order valence-electron chi connectivity index (χ3n) is 3.09. The minimum Gasteiger partial charge on any atom is -0.388 e. The molecule has 1 aliphatic rings. The number of aliphatic hydroxyl groups is 3. The first-order valence-corrected chi connectivity index (χ1v) is 6.39. The van der Waals surface area contributed by atoms with E-state index in [9.17, 15) is 15.3 Å². The van der Waals surface area contributed by atoms with Crippen molar-refractivity contribution in [2.45, 2.75) is 70.2 Å². The molecule has 0 saturated carbocycles. The Morgan fingerprint density at radius 1 is 1.00 bits per heavy atom. The topological polar surface area (TPSA) is 79.2 Å². The minimum absolute atomic E-state index is 0.497. The fourth-order valence-corrected chi connectivity index (χ4v) is 1.88. The molecule has 1 heterocycles. The number of unbranched alkanes of at least 4 members (excludes halogenated alkanes) is 3. The highest BCUT2D eigenvalue weighted by molar-refractivity contribution is 4.87. The van der Waals surface area contributed by atoms with Crippen LogP contribution in [0.2, 0.25) is 0 Å². The van der Waals surface area contributed by atoms with E-state index in [1.807, 2.05) is 0 Å². The number of ether oxygens (including phenoxy) is 2. The standard InChI is InChI=1S/C12H24O5/c1-3-4-5-6-7-16-12-11(15)10(14)9(13)8(2)17-12/h8-15H,3-7H2,1-2H3/t8?,9-,10+,11?,12+/m1/s1. The summed E-state index contributed by atoms with van der Waals surface area (Å²) >= 11 is 0. The van der Waals surface area contributed by atoms with Crippen molar-refractivity contribution in [1.29, 1.82) is 0 Å². The van der Waals surface area contributed by atoms with Crippen LogP contribution >= 0.6 is 0 Å². The fourth-order valence-electron chi connectivity index (χ4n) is 1.88. The van der Waals surface area contributed by atoms with Gasteiger partial charge in [0, 0.05) is 6.61 Å². The van der Waals surface area contributed by atoms with Gasteiger partial charge in [0.15, 0.2) is 6.29 Å². The van der Waals surface area contributed by atoms with Crippen LogP contribution in [-0.2, 0) is 9.47 Å². The Balaban J connectivity index is 2.28. The molecule has 3 N–H and O–H groups in total. The summed E-state index contributed by atoms with van der Waals surface area (Å²) in [5.74, 6) is 0. The van der Waals surface area contributed by atoms with E-state index in [1.165, 1.54) is 0 Å². The van der Waals surface area contributed by atoms with Gasteiger partial charge in [-0.3, -0.25) is 0 Å². The zero-order valence-electron chi connectivity index (χ0n) is 10.6. The molecule has 0 spiro atoms. The van der Waals surface area contributed by atoms with Gasteiger partial charge in [0.05, 0.1) is 6.10 Å². The van der Waals surface area contributed by atoms with E-state index in [1.54, 1.807) is 6.92 Å². The lowest BCUT2D eigenvalue weighted by Crippen LogP contribution is -2.57. The summed E-state index contributed by atoms with van der Waals surface area (Å²) in [6.07, 6.45) is -0.525. The zero-order valence-corrected chi connectivity index (χ0v) is 10.6. The molecule has 1 rings (SSSR count). The maximum absolute atomic E-state index is 9.67. The first-order chi connectivity index (χ1) is 8.07. The van der Waals surface area contributed by atoms with Gasteiger partial charge in [-0.25, -0.2) is 0 Å². The molecule has 0 amide bonds. The lowest BCUT2D eigenvalue weighted by atomic mass is 10.0. The van der Waals surface area contributed by atoms with Crippen LogP contribution < -0.4 is 0 Å². The largest absolute Gasteiger partial charge is 0.388 e. The summed E-state index contributed by atoms with van der Waals surface area (Å²) in [4.78, 5) is 0. The summed E-state index contributed by atoms with van der Waals surface area (Å²) in [6.45, 7) is 4.28.